The zero-order valence-electron chi connectivity index (χ0n) is 8.51. The average molecular weight is 308 g/mol. The number of nitrogens with zero attached hydrogens (tertiary/aromatic N) is 1. The van der Waals surface area contributed by atoms with Crippen molar-refractivity contribution in [1.29, 1.82) is 5.26 Å². The molecule has 0 amide bonds. The summed E-state index contributed by atoms with van der Waals surface area (Å²) in [5.74, 6) is -0.173. The molecule has 1 aromatic carbocycles. The van der Waals surface area contributed by atoms with Gasteiger partial charge in [0.15, 0.2) is 0 Å². The van der Waals surface area contributed by atoms with Gasteiger partial charge in [0.1, 0.15) is 16.7 Å². The van der Waals surface area contributed by atoms with Crippen molar-refractivity contribution in [3.8, 4) is 11.8 Å². The van der Waals surface area contributed by atoms with E-state index in [-0.39, 0.29) is 5.75 Å². The standard InChI is InChI=1S/C12H6BrNO2S/c13-11-6-5-10(17-11)12(15)16-9-4-2-1-3-8(9)7-14/h1-6H. The Bertz CT molecular complexity index is 601. The molecule has 0 bridgehead atoms. The molecule has 1 heterocycles. The highest BCUT2D eigenvalue weighted by Gasteiger charge is 2.13. The lowest BCUT2D eigenvalue weighted by Crippen LogP contribution is -2.07. The van der Waals surface area contributed by atoms with E-state index in [9.17, 15) is 4.79 Å². The van der Waals surface area contributed by atoms with Crippen molar-refractivity contribution >= 4 is 33.2 Å². The molecule has 2 aromatic rings. The lowest BCUT2D eigenvalue weighted by atomic mass is 10.2. The normalized spacial score (nSPS) is 9.65. The summed E-state index contributed by atoms with van der Waals surface area (Å²) < 4.78 is 6.02. The molecule has 0 saturated heterocycles. The van der Waals surface area contributed by atoms with E-state index in [2.05, 4.69) is 15.9 Å². The number of para-hydroxylation sites is 1. The number of ether oxygens (including phenoxy) is 1. The number of thiophene rings is 1. The van der Waals surface area contributed by atoms with Crippen molar-refractivity contribution in [3.05, 3.63) is 50.6 Å². The van der Waals surface area contributed by atoms with Crippen molar-refractivity contribution in [2.24, 2.45) is 0 Å². The van der Waals surface area contributed by atoms with E-state index in [4.69, 9.17) is 10.00 Å². The third-order valence-electron chi connectivity index (χ3n) is 1.98. The first-order valence-electron chi connectivity index (χ1n) is 4.67. The first kappa shape index (κ1) is 11.8. The van der Waals surface area contributed by atoms with E-state index in [1.165, 1.54) is 11.3 Å². The number of halogens is 1. The number of carbonyl (C=O) groups excluding carboxylic acids is 1. The molecule has 0 aliphatic heterocycles. The van der Waals surface area contributed by atoms with Crippen LogP contribution in [0.5, 0.6) is 5.75 Å². The lowest BCUT2D eigenvalue weighted by molar-refractivity contribution is 0.0739. The van der Waals surface area contributed by atoms with Crippen LogP contribution >= 0.6 is 27.3 Å². The van der Waals surface area contributed by atoms with Gasteiger partial charge in [-0.05, 0) is 40.2 Å². The zero-order valence-corrected chi connectivity index (χ0v) is 10.9. The Hall–Kier alpha value is -1.64. The summed E-state index contributed by atoms with van der Waals surface area (Å²) in [7, 11) is 0. The van der Waals surface area contributed by atoms with Crippen LogP contribution in [0, 0.1) is 11.3 Å². The first-order valence-corrected chi connectivity index (χ1v) is 6.28. The van der Waals surface area contributed by atoms with Gasteiger partial charge in [0.05, 0.1) is 9.35 Å². The van der Waals surface area contributed by atoms with Crippen LogP contribution in [0.4, 0.5) is 0 Å². The Morgan fingerprint density at radius 1 is 1.29 bits per heavy atom. The van der Waals surface area contributed by atoms with Gasteiger partial charge < -0.3 is 4.74 Å². The highest BCUT2D eigenvalue weighted by Crippen LogP contribution is 2.24. The van der Waals surface area contributed by atoms with Crippen LogP contribution in [0.2, 0.25) is 0 Å². The van der Waals surface area contributed by atoms with E-state index < -0.39 is 5.97 Å². The summed E-state index contributed by atoms with van der Waals surface area (Å²) in [6.07, 6.45) is 0. The molecular weight excluding hydrogens is 302 g/mol. The Morgan fingerprint density at radius 3 is 2.71 bits per heavy atom. The Balaban J connectivity index is 2.22. The number of hydrogen-bond acceptors (Lipinski definition) is 4. The topological polar surface area (TPSA) is 50.1 Å². The van der Waals surface area contributed by atoms with Crippen molar-refractivity contribution in [3.63, 3.8) is 0 Å². The van der Waals surface area contributed by atoms with Gasteiger partial charge in [-0.2, -0.15) is 5.26 Å². The highest BCUT2D eigenvalue weighted by molar-refractivity contribution is 9.11. The van der Waals surface area contributed by atoms with Crippen molar-refractivity contribution in [2.45, 2.75) is 0 Å². The molecule has 0 spiro atoms. The molecule has 0 unspecified atom stereocenters. The number of benzene rings is 1. The molecule has 0 fully saturated rings. The minimum atomic E-state index is -0.455. The van der Waals surface area contributed by atoms with E-state index >= 15 is 0 Å². The van der Waals surface area contributed by atoms with Gasteiger partial charge in [0.25, 0.3) is 0 Å². The van der Waals surface area contributed by atoms with Crippen LogP contribution in [-0.4, -0.2) is 5.97 Å². The van der Waals surface area contributed by atoms with Crippen molar-refractivity contribution < 1.29 is 9.53 Å². The zero-order chi connectivity index (χ0) is 12.3. The maximum Gasteiger partial charge on any atom is 0.353 e. The molecule has 84 valence electrons. The molecule has 0 aliphatic carbocycles. The summed E-state index contributed by atoms with van der Waals surface area (Å²) in [5.41, 5.74) is 0.344. The van der Waals surface area contributed by atoms with Crippen molar-refractivity contribution in [2.75, 3.05) is 0 Å². The largest absolute Gasteiger partial charge is 0.421 e. The predicted molar refractivity (Wildman–Crippen MR) is 68.1 cm³/mol. The average Bonchev–Trinajstić information content (AvgIpc) is 2.77. The van der Waals surface area contributed by atoms with Gasteiger partial charge in [-0.25, -0.2) is 4.79 Å². The van der Waals surface area contributed by atoms with Crippen LogP contribution in [0.1, 0.15) is 15.2 Å². The van der Waals surface area contributed by atoms with Gasteiger partial charge in [-0.3, -0.25) is 0 Å². The van der Waals surface area contributed by atoms with Gasteiger partial charge in [0.2, 0.25) is 0 Å². The maximum absolute atomic E-state index is 11.8. The molecule has 0 N–H and O–H groups in total. The molecule has 0 atom stereocenters. The van der Waals surface area contributed by atoms with E-state index in [1.807, 2.05) is 6.07 Å². The highest BCUT2D eigenvalue weighted by atomic mass is 79.9. The lowest BCUT2D eigenvalue weighted by Gasteiger charge is -2.03. The van der Waals surface area contributed by atoms with Crippen LogP contribution in [0.25, 0.3) is 0 Å². The van der Waals surface area contributed by atoms with E-state index in [1.54, 1.807) is 36.4 Å². The number of carbonyl (C=O) groups is 1. The fraction of sp³-hybridized carbons (Fsp3) is 0. The molecule has 0 saturated carbocycles. The number of rotatable bonds is 2. The summed E-state index contributed by atoms with van der Waals surface area (Å²) in [4.78, 5) is 12.2. The molecule has 0 aliphatic rings. The van der Waals surface area contributed by atoms with Crippen LogP contribution in [0.3, 0.4) is 0 Å². The monoisotopic (exact) mass is 307 g/mol. The minimum absolute atomic E-state index is 0.282. The fourth-order valence-electron chi connectivity index (χ4n) is 1.22. The SMILES string of the molecule is N#Cc1ccccc1OC(=O)c1ccc(Br)s1. The summed E-state index contributed by atoms with van der Waals surface area (Å²) in [6.45, 7) is 0. The van der Waals surface area contributed by atoms with Gasteiger partial charge in [-0.15, -0.1) is 11.3 Å². The van der Waals surface area contributed by atoms with Gasteiger partial charge >= 0.3 is 5.97 Å². The van der Waals surface area contributed by atoms with Crippen molar-refractivity contribution in [1.82, 2.24) is 0 Å². The number of esters is 1. The quantitative estimate of drug-likeness (QED) is 0.629. The molecule has 17 heavy (non-hydrogen) atoms. The first-order chi connectivity index (χ1) is 8.20. The van der Waals surface area contributed by atoms with Crippen LogP contribution in [0.15, 0.2) is 40.2 Å². The van der Waals surface area contributed by atoms with Crippen LogP contribution in [-0.2, 0) is 0 Å². The molecule has 2 rings (SSSR count). The second kappa shape index (κ2) is 5.13. The van der Waals surface area contributed by atoms with Crippen LogP contribution < -0.4 is 4.74 Å². The summed E-state index contributed by atoms with van der Waals surface area (Å²) in [6, 6.07) is 12.1. The van der Waals surface area contributed by atoms with Gasteiger partial charge in [0, 0.05) is 0 Å². The molecule has 3 nitrogen and oxygen atoms in total. The maximum atomic E-state index is 11.8. The Morgan fingerprint density at radius 2 is 2.06 bits per heavy atom. The molecule has 1 aromatic heterocycles. The predicted octanol–water partition coefficient (Wildman–Crippen LogP) is 3.60. The smallest absolute Gasteiger partial charge is 0.353 e. The molecule has 5 heteroatoms. The molecular formula is C12H6BrNO2S. The third kappa shape index (κ3) is 2.73. The van der Waals surface area contributed by atoms with E-state index in [0.29, 0.717) is 10.4 Å². The summed E-state index contributed by atoms with van der Waals surface area (Å²) >= 11 is 4.56. The minimum Gasteiger partial charge on any atom is -0.421 e. The second-order valence-electron chi connectivity index (χ2n) is 3.10. The molecule has 0 radical (unpaired) electrons. The van der Waals surface area contributed by atoms with Gasteiger partial charge in [-0.1, -0.05) is 12.1 Å². The third-order valence-corrected chi connectivity index (χ3v) is 3.59. The number of hydrogen-bond donors (Lipinski definition) is 0. The summed E-state index contributed by atoms with van der Waals surface area (Å²) in [5, 5.41) is 8.86. The number of nitriles is 1. The second-order valence-corrected chi connectivity index (χ2v) is 5.56. The Kier molecular flexibility index (Phi) is 3.57. The fourth-order valence-corrected chi connectivity index (χ4v) is 2.48. The Labute approximate surface area is 110 Å². The van der Waals surface area contributed by atoms with E-state index in [0.717, 1.165) is 3.79 Å².